The van der Waals surface area contributed by atoms with Crippen LogP contribution in [-0.4, -0.2) is 106 Å². The van der Waals surface area contributed by atoms with Crippen molar-refractivity contribution in [2.24, 2.45) is 15.0 Å². The van der Waals surface area contributed by atoms with E-state index < -0.39 is 0 Å². The number of phenols is 3. The van der Waals surface area contributed by atoms with Crippen LogP contribution in [0.2, 0.25) is 0 Å². The van der Waals surface area contributed by atoms with Crippen LogP contribution in [0, 0.1) is 0 Å². The Morgan fingerprint density at radius 3 is 0.840 bits per heavy atom. The molecule has 3 fully saturated rings. The second-order valence-electron chi connectivity index (χ2n) is 30.2. The maximum atomic E-state index is 11.7. The molecule has 7 rings (SSSR count). The predicted octanol–water partition coefficient (Wildman–Crippen LogP) is 15.7. The van der Waals surface area contributed by atoms with Gasteiger partial charge >= 0.3 is 0 Å². The summed E-state index contributed by atoms with van der Waals surface area (Å²) in [4.78, 5) is 25.1. The van der Waals surface area contributed by atoms with E-state index in [9.17, 15) is 15.3 Å². The van der Waals surface area contributed by atoms with Crippen LogP contribution in [0.4, 0.5) is 0 Å². The summed E-state index contributed by atoms with van der Waals surface area (Å²) in [7, 11) is 0. The van der Waals surface area contributed by atoms with Crippen molar-refractivity contribution in [1.82, 2.24) is 14.7 Å². The molecule has 0 aromatic heterocycles. The Balaban J connectivity index is 1.18. The third-order valence-corrected chi connectivity index (χ3v) is 18.8. The molecule has 3 N–H and O–H groups in total. The summed E-state index contributed by atoms with van der Waals surface area (Å²) in [5.74, 6) is 1.21. The van der Waals surface area contributed by atoms with Gasteiger partial charge in [-0.2, -0.15) is 0 Å². The molecule has 0 spiro atoms. The SMILES string of the molecule is CC(C)(C)c1cc(CN2CCC[C@@H]2CN=Cc2c(S)c(C=NC[C@H]3CCCN3Cc3cc(C(C)(C)C)cc(C(C)(C)C)c3O)c(S)c(C=NC[C@H]3CCCN3Cc3cc(C(C)(C)C)cc(C(C)(C)C)c3O)c2S)c(O)c(C(C)(C)C)c1. The second kappa shape index (κ2) is 25.0. The lowest BCUT2D eigenvalue weighted by Gasteiger charge is -2.30. The molecule has 4 aromatic rings. The summed E-state index contributed by atoms with van der Waals surface area (Å²) >= 11 is 15.7. The van der Waals surface area contributed by atoms with E-state index in [1.807, 2.05) is 18.6 Å². The third kappa shape index (κ3) is 15.6. The van der Waals surface area contributed by atoms with Gasteiger partial charge in [-0.3, -0.25) is 29.7 Å². The molecule has 0 amide bonds. The van der Waals surface area contributed by atoms with E-state index in [0.29, 0.717) is 71.2 Å². The van der Waals surface area contributed by atoms with Crippen LogP contribution in [0.3, 0.4) is 0 Å². The number of rotatable bonds is 15. The van der Waals surface area contributed by atoms with Crippen LogP contribution in [0.5, 0.6) is 17.2 Å². The molecular formula is C69H102N6O3S3. The number of aliphatic imine (C=N–C) groups is 3. The van der Waals surface area contributed by atoms with Crippen LogP contribution in [-0.2, 0) is 52.1 Å². The molecule has 0 unspecified atom stereocenters. The zero-order valence-corrected chi connectivity index (χ0v) is 55.6. The van der Waals surface area contributed by atoms with Crippen molar-refractivity contribution < 1.29 is 15.3 Å². The van der Waals surface area contributed by atoms with Crippen molar-refractivity contribution in [1.29, 1.82) is 0 Å². The average Bonchev–Trinajstić information content (AvgIpc) is 4.25. The lowest BCUT2D eigenvalue weighted by atomic mass is 9.79. The molecular weight excluding hydrogens is 1060 g/mol. The number of phenolic OH excluding ortho intramolecular Hbond substituents is 3. The van der Waals surface area contributed by atoms with Crippen molar-refractivity contribution in [3.05, 3.63) is 103 Å². The van der Waals surface area contributed by atoms with E-state index in [1.165, 1.54) is 16.7 Å². The lowest BCUT2D eigenvalue weighted by Crippen LogP contribution is -2.31. The number of likely N-dealkylation sites (tertiary alicyclic amines) is 3. The van der Waals surface area contributed by atoms with Crippen LogP contribution in [0.25, 0.3) is 0 Å². The Bertz CT molecular complexity index is 2650. The topological polar surface area (TPSA) is 107 Å². The zero-order chi connectivity index (χ0) is 59.9. The molecule has 0 saturated carbocycles. The van der Waals surface area contributed by atoms with Crippen molar-refractivity contribution in [2.75, 3.05) is 39.3 Å². The highest BCUT2D eigenvalue weighted by Gasteiger charge is 2.33. The first kappa shape index (κ1) is 64.8. The minimum Gasteiger partial charge on any atom is -0.507 e. The van der Waals surface area contributed by atoms with Crippen molar-refractivity contribution in [3.63, 3.8) is 0 Å². The van der Waals surface area contributed by atoms with E-state index in [-0.39, 0.29) is 50.6 Å². The first-order valence-electron chi connectivity index (χ1n) is 30.1. The Hall–Kier alpha value is -3.78. The molecule has 12 heteroatoms. The van der Waals surface area contributed by atoms with E-state index in [1.54, 1.807) is 0 Å². The molecule has 3 aliphatic rings. The minimum absolute atomic E-state index is 0.0584. The zero-order valence-electron chi connectivity index (χ0n) is 52.9. The van der Waals surface area contributed by atoms with Crippen LogP contribution in [0.15, 0.2) is 66.1 Å². The highest BCUT2D eigenvalue weighted by atomic mass is 32.1. The predicted molar refractivity (Wildman–Crippen MR) is 352 cm³/mol. The van der Waals surface area contributed by atoms with Gasteiger partial charge in [0, 0.05) is 104 Å². The maximum absolute atomic E-state index is 11.7. The Morgan fingerprint density at radius 1 is 0.395 bits per heavy atom. The normalized spacial score (nSPS) is 19.7. The van der Waals surface area contributed by atoms with Crippen LogP contribution >= 0.6 is 37.9 Å². The molecule has 3 atom stereocenters. The smallest absolute Gasteiger partial charge is 0.123 e. The number of hydrogen-bond acceptors (Lipinski definition) is 12. The van der Waals surface area contributed by atoms with Gasteiger partial charge in [-0.1, -0.05) is 161 Å². The first-order valence-corrected chi connectivity index (χ1v) is 31.4. The van der Waals surface area contributed by atoms with Crippen molar-refractivity contribution >= 4 is 56.5 Å². The molecule has 9 nitrogen and oxygen atoms in total. The fourth-order valence-electron chi connectivity index (χ4n) is 12.0. The third-order valence-electron chi connectivity index (χ3n) is 17.3. The molecule has 3 aliphatic heterocycles. The lowest BCUT2D eigenvalue weighted by molar-refractivity contribution is 0.247. The second-order valence-corrected chi connectivity index (χ2v) is 31.5. The number of thiol groups is 3. The molecule has 3 saturated heterocycles. The highest BCUT2D eigenvalue weighted by molar-refractivity contribution is 7.82. The summed E-state index contributed by atoms with van der Waals surface area (Å²) in [5, 5.41) is 35.2. The Labute approximate surface area is 506 Å². The van der Waals surface area contributed by atoms with Crippen LogP contribution < -0.4 is 0 Å². The molecule has 0 radical (unpaired) electrons. The number of hydrogen-bond donors (Lipinski definition) is 6. The van der Waals surface area contributed by atoms with Gasteiger partial charge in [0.05, 0.1) is 19.6 Å². The summed E-state index contributed by atoms with van der Waals surface area (Å²) in [5.41, 5.74) is 11.2. The molecule has 81 heavy (non-hydrogen) atoms. The van der Waals surface area contributed by atoms with Gasteiger partial charge < -0.3 is 15.3 Å². The van der Waals surface area contributed by atoms with Gasteiger partial charge in [-0.05, 0) is 124 Å². The summed E-state index contributed by atoms with van der Waals surface area (Å²) < 4.78 is 0. The quantitative estimate of drug-likeness (QED) is 0.0523. The van der Waals surface area contributed by atoms with Gasteiger partial charge in [0.2, 0.25) is 0 Å². The van der Waals surface area contributed by atoms with E-state index in [4.69, 9.17) is 52.9 Å². The fourth-order valence-corrected chi connectivity index (χ4v) is 13.3. The van der Waals surface area contributed by atoms with Gasteiger partial charge in [0.1, 0.15) is 17.2 Å². The molecule has 0 bridgehead atoms. The van der Waals surface area contributed by atoms with E-state index >= 15 is 0 Å². The Morgan fingerprint density at radius 2 is 0.630 bits per heavy atom. The minimum atomic E-state index is -0.200. The summed E-state index contributed by atoms with van der Waals surface area (Å²) in [6.45, 7) is 46.3. The van der Waals surface area contributed by atoms with Crippen LogP contribution in [0.1, 0.15) is 230 Å². The molecule has 3 heterocycles. The van der Waals surface area contributed by atoms with Gasteiger partial charge in [-0.15, -0.1) is 37.9 Å². The summed E-state index contributed by atoms with van der Waals surface area (Å²) in [6, 6.07) is 13.8. The molecule has 0 aliphatic carbocycles. The average molecular weight is 1160 g/mol. The molecule has 4 aromatic carbocycles. The monoisotopic (exact) mass is 1160 g/mol. The standard InChI is InChI=1S/C69H102N6O3S3/c1-64(2,3)46-28-43(58(76)55(31-46)67(10,11)12)40-73-25-19-22-49(73)34-70-37-52-61(79)53(38-71-35-50-23-20-26-74(50)41-44-29-47(65(4,5)6)32-56(59(44)77)68(13,14)15)63(81)54(62(52)80)39-72-36-51-24-21-27-75(51)42-45-30-48(66(7,8)9)33-57(60(45)78)69(16,17)18/h28-33,37-39,49-51,76-81H,19-27,34-36,40-42H2,1-18H3/t49-,50-,51-/m1/s1. The largest absolute Gasteiger partial charge is 0.507 e. The van der Waals surface area contributed by atoms with Crippen molar-refractivity contribution in [3.8, 4) is 17.2 Å². The van der Waals surface area contributed by atoms with Gasteiger partial charge in [0.15, 0.2) is 0 Å². The van der Waals surface area contributed by atoms with Crippen molar-refractivity contribution in [2.45, 2.75) is 248 Å². The van der Waals surface area contributed by atoms with E-state index in [2.05, 4.69) is 176 Å². The number of nitrogens with zero attached hydrogens (tertiary/aromatic N) is 6. The number of aromatic hydroxyl groups is 3. The molecule has 444 valence electrons. The highest BCUT2D eigenvalue weighted by Crippen LogP contribution is 2.43. The first-order chi connectivity index (χ1) is 37.4. The van der Waals surface area contributed by atoms with Gasteiger partial charge in [0.25, 0.3) is 0 Å². The number of benzene rings is 4. The Kier molecular flexibility index (Phi) is 20.0. The summed E-state index contributed by atoms with van der Waals surface area (Å²) in [6.07, 6.45) is 12.1. The van der Waals surface area contributed by atoms with Gasteiger partial charge in [-0.25, -0.2) is 0 Å². The maximum Gasteiger partial charge on any atom is 0.123 e. The fraction of sp³-hybridized carbons (Fsp3) is 0.609. The van der Waals surface area contributed by atoms with E-state index in [0.717, 1.165) is 108 Å².